The van der Waals surface area contributed by atoms with Gasteiger partial charge >= 0.3 is 0 Å². The predicted molar refractivity (Wildman–Crippen MR) is 79.2 cm³/mol. The van der Waals surface area contributed by atoms with Gasteiger partial charge in [0.15, 0.2) is 0 Å². The summed E-state index contributed by atoms with van der Waals surface area (Å²) >= 11 is 0. The van der Waals surface area contributed by atoms with Gasteiger partial charge in [-0.1, -0.05) is 13.8 Å². The summed E-state index contributed by atoms with van der Waals surface area (Å²) in [5.74, 6) is 0.583. The summed E-state index contributed by atoms with van der Waals surface area (Å²) in [5.41, 5.74) is 0. The zero-order valence-electron chi connectivity index (χ0n) is 12.4. The third kappa shape index (κ3) is 7.28. The van der Waals surface area contributed by atoms with Crippen molar-refractivity contribution >= 4 is 9.84 Å². The van der Waals surface area contributed by atoms with Crippen molar-refractivity contribution in [2.75, 3.05) is 24.7 Å². The Labute approximate surface area is 118 Å². The van der Waals surface area contributed by atoms with Crippen LogP contribution >= 0.6 is 0 Å². The first-order valence-corrected chi connectivity index (χ1v) is 9.45. The molecule has 1 rings (SSSR count). The lowest BCUT2D eigenvalue weighted by atomic mass is 10.0. The van der Waals surface area contributed by atoms with Gasteiger partial charge in [0.1, 0.15) is 9.84 Å². The molecule has 2 atom stereocenters. The molecule has 0 amide bonds. The number of hydrogen-bond donors (Lipinski definition) is 1. The maximum Gasteiger partial charge on any atom is 0.150 e. The molecule has 0 aromatic rings. The van der Waals surface area contributed by atoms with Crippen LogP contribution in [0.5, 0.6) is 0 Å². The third-order valence-electron chi connectivity index (χ3n) is 3.80. The van der Waals surface area contributed by atoms with E-state index in [0.29, 0.717) is 17.9 Å². The summed E-state index contributed by atoms with van der Waals surface area (Å²) < 4.78 is 28.6. The van der Waals surface area contributed by atoms with E-state index < -0.39 is 9.84 Å². The predicted octanol–water partition coefficient (Wildman–Crippen LogP) is 2.14. The molecule has 0 aliphatic carbocycles. The number of hydrogen-bond acceptors (Lipinski definition) is 4. The van der Waals surface area contributed by atoms with E-state index in [-0.39, 0.29) is 5.75 Å². The van der Waals surface area contributed by atoms with Crippen LogP contribution in [0.2, 0.25) is 0 Å². The van der Waals surface area contributed by atoms with E-state index in [1.165, 1.54) is 12.8 Å². The normalized spacial score (nSPS) is 21.7. The summed E-state index contributed by atoms with van der Waals surface area (Å²) in [6.45, 7) is 5.67. The van der Waals surface area contributed by atoms with E-state index in [4.69, 9.17) is 4.74 Å². The number of ether oxygens (including phenoxy) is 1. The molecular formula is C14H29NO3S. The second-order valence-electron chi connectivity index (χ2n) is 5.35. The van der Waals surface area contributed by atoms with E-state index in [2.05, 4.69) is 12.2 Å². The Kier molecular flexibility index (Phi) is 7.95. The molecule has 1 aliphatic heterocycles. The molecule has 1 saturated heterocycles. The van der Waals surface area contributed by atoms with Crippen LogP contribution in [-0.2, 0) is 14.6 Å². The molecule has 114 valence electrons. The highest BCUT2D eigenvalue weighted by Crippen LogP contribution is 2.19. The zero-order valence-corrected chi connectivity index (χ0v) is 13.2. The largest absolute Gasteiger partial charge is 0.378 e. The number of rotatable bonds is 10. The maximum absolute atomic E-state index is 11.5. The van der Waals surface area contributed by atoms with Gasteiger partial charge in [0.25, 0.3) is 0 Å². The first kappa shape index (κ1) is 16.9. The van der Waals surface area contributed by atoms with Crippen molar-refractivity contribution in [3.8, 4) is 0 Å². The van der Waals surface area contributed by atoms with Crippen LogP contribution < -0.4 is 5.32 Å². The van der Waals surface area contributed by atoms with Crippen molar-refractivity contribution in [2.24, 2.45) is 0 Å². The fourth-order valence-electron chi connectivity index (χ4n) is 2.59. The van der Waals surface area contributed by atoms with Crippen molar-refractivity contribution in [1.82, 2.24) is 5.32 Å². The summed E-state index contributed by atoms with van der Waals surface area (Å²) in [5, 5.41) is 3.46. The van der Waals surface area contributed by atoms with Crippen molar-refractivity contribution in [2.45, 2.75) is 64.5 Å². The van der Waals surface area contributed by atoms with Gasteiger partial charge < -0.3 is 10.1 Å². The van der Waals surface area contributed by atoms with Crippen molar-refractivity contribution in [3.05, 3.63) is 0 Å². The highest BCUT2D eigenvalue weighted by Gasteiger charge is 2.18. The Bertz CT molecular complexity index is 324. The summed E-state index contributed by atoms with van der Waals surface area (Å²) in [6.07, 6.45) is 6.69. The van der Waals surface area contributed by atoms with E-state index in [9.17, 15) is 8.42 Å². The van der Waals surface area contributed by atoms with Crippen molar-refractivity contribution in [3.63, 3.8) is 0 Å². The Morgan fingerprint density at radius 1 is 1.32 bits per heavy atom. The third-order valence-corrected chi connectivity index (χ3v) is 5.59. The van der Waals surface area contributed by atoms with Crippen LogP contribution in [0.1, 0.15) is 52.4 Å². The zero-order chi connectivity index (χ0) is 14.1. The minimum atomic E-state index is -2.81. The van der Waals surface area contributed by atoms with Gasteiger partial charge in [0.2, 0.25) is 0 Å². The van der Waals surface area contributed by atoms with Crippen LogP contribution in [0.4, 0.5) is 0 Å². The molecule has 19 heavy (non-hydrogen) atoms. The van der Waals surface area contributed by atoms with Crippen LogP contribution in [0.25, 0.3) is 0 Å². The molecule has 4 nitrogen and oxygen atoms in total. The molecule has 1 N–H and O–H groups in total. The Morgan fingerprint density at radius 3 is 2.68 bits per heavy atom. The average Bonchev–Trinajstić information content (AvgIpc) is 2.89. The minimum Gasteiger partial charge on any atom is -0.378 e. The molecule has 0 bridgehead atoms. The molecule has 0 aromatic heterocycles. The van der Waals surface area contributed by atoms with Gasteiger partial charge in [-0.15, -0.1) is 0 Å². The molecule has 2 unspecified atom stereocenters. The second-order valence-corrected chi connectivity index (χ2v) is 7.82. The highest BCUT2D eigenvalue weighted by atomic mass is 32.2. The highest BCUT2D eigenvalue weighted by molar-refractivity contribution is 7.91. The molecule has 0 aromatic carbocycles. The van der Waals surface area contributed by atoms with Crippen LogP contribution in [0.3, 0.4) is 0 Å². The van der Waals surface area contributed by atoms with Crippen molar-refractivity contribution < 1.29 is 13.2 Å². The lowest BCUT2D eigenvalue weighted by molar-refractivity contribution is 0.0993. The number of sulfone groups is 1. The van der Waals surface area contributed by atoms with Gasteiger partial charge in [0, 0.05) is 18.4 Å². The maximum atomic E-state index is 11.5. The molecule has 1 heterocycles. The molecule has 1 aliphatic rings. The Morgan fingerprint density at radius 2 is 2.11 bits per heavy atom. The first-order chi connectivity index (χ1) is 9.07. The van der Waals surface area contributed by atoms with Crippen LogP contribution in [0, 0.1) is 0 Å². The van der Waals surface area contributed by atoms with Gasteiger partial charge in [-0.05, 0) is 45.1 Å². The fraction of sp³-hybridized carbons (Fsp3) is 1.00. The lowest BCUT2D eigenvalue weighted by Crippen LogP contribution is -2.30. The smallest absolute Gasteiger partial charge is 0.150 e. The van der Waals surface area contributed by atoms with Gasteiger partial charge in [0.05, 0.1) is 11.9 Å². The van der Waals surface area contributed by atoms with Gasteiger partial charge in [-0.2, -0.15) is 0 Å². The number of nitrogens with one attached hydrogen (secondary N) is 1. The average molecular weight is 291 g/mol. The lowest BCUT2D eigenvalue weighted by Gasteiger charge is -2.19. The van der Waals surface area contributed by atoms with Gasteiger partial charge in [-0.3, -0.25) is 0 Å². The van der Waals surface area contributed by atoms with E-state index in [1.807, 2.05) is 0 Å². The van der Waals surface area contributed by atoms with E-state index in [0.717, 1.165) is 38.8 Å². The second kappa shape index (κ2) is 8.93. The molecule has 0 spiro atoms. The van der Waals surface area contributed by atoms with Crippen molar-refractivity contribution in [1.29, 1.82) is 0 Å². The molecule has 0 saturated carbocycles. The van der Waals surface area contributed by atoms with E-state index >= 15 is 0 Å². The van der Waals surface area contributed by atoms with Crippen LogP contribution in [-0.4, -0.2) is 45.2 Å². The summed E-state index contributed by atoms with van der Waals surface area (Å²) in [4.78, 5) is 0. The molecule has 5 heteroatoms. The molecule has 0 radical (unpaired) electrons. The van der Waals surface area contributed by atoms with E-state index in [1.54, 1.807) is 6.92 Å². The standard InChI is InChI=1S/C14H29NO3S/c1-3-15-13(7-6-12-19(16,17)4-2)9-10-14-8-5-11-18-14/h13-15H,3-12H2,1-2H3. The topological polar surface area (TPSA) is 55.4 Å². The van der Waals surface area contributed by atoms with Gasteiger partial charge in [-0.25, -0.2) is 8.42 Å². The monoisotopic (exact) mass is 291 g/mol. The SMILES string of the molecule is CCNC(CCCS(=O)(=O)CC)CCC1CCCO1. The molecular weight excluding hydrogens is 262 g/mol. The summed E-state index contributed by atoms with van der Waals surface area (Å²) in [7, 11) is -2.81. The molecule has 1 fully saturated rings. The quantitative estimate of drug-likeness (QED) is 0.670. The summed E-state index contributed by atoms with van der Waals surface area (Å²) in [6, 6.07) is 0.432. The minimum absolute atomic E-state index is 0.259. The Hall–Kier alpha value is -0.130. The van der Waals surface area contributed by atoms with Crippen LogP contribution in [0.15, 0.2) is 0 Å². The Balaban J connectivity index is 2.23. The first-order valence-electron chi connectivity index (χ1n) is 7.62. The fourth-order valence-corrected chi connectivity index (χ4v) is 3.49.